The summed E-state index contributed by atoms with van der Waals surface area (Å²) in [5.41, 5.74) is 1.77. The van der Waals surface area contributed by atoms with Crippen LogP contribution in [0.1, 0.15) is 25.3 Å². The van der Waals surface area contributed by atoms with E-state index in [0.29, 0.717) is 6.54 Å². The molecule has 92 valence electrons. The third-order valence-corrected chi connectivity index (χ3v) is 3.67. The number of nitrogens with zero attached hydrogens (tertiary/aromatic N) is 1. The van der Waals surface area contributed by atoms with E-state index in [-0.39, 0.29) is 0 Å². The number of para-hydroxylation sites is 1. The summed E-state index contributed by atoms with van der Waals surface area (Å²) in [6.07, 6.45) is 1.71. The van der Waals surface area contributed by atoms with E-state index in [1.807, 2.05) is 19.1 Å². The van der Waals surface area contributed by atoms with Crippen LogP contribution >= 0.6 is 0 Å². The number of hydrogen-bond acceptors (Lipinski definition) is 2. The van der Waals surface area contributed by atoms with E-state index in [4.69, 9.17) is 0 Å². The van der Waals surface area contributed by atoms with Crippen LogP contribution in [0.15, 0.2) is 24.3 Å². The van der Waals surface area contributed by atoms with Crippen LogP contribution in [0.2, 0.25) is 0 Å². The Bertz CT molecular complexity index is 430. The topological polar surface area (TPSA) is 40.5 Å². The van der Waals surface area contributed by atoms with E-state index < -0.39 is 11.4 Å². The van der Waals surface area contributed by atoms with Gasteiger partial charge in [0.15, 0.2) is 0 Å². The Kier molecular flexibility index (Phi) is 3.09. The summed E-state index contributed by atoms with van der Waals surface area (Å²) >= 11 is 0. The zero-order valence-electron chi connectivity index (χ0n) is 10.4. The minimum atomic E-state index is -0.684. The quantitative estimate of drug-likeness (QED) is 0.853. The fraction of sp³-hybridized carbons (Fsp3) is 0.500. The molecule has 0 amide bonds. The molecule has 3 heteroatoms. The molecule has 1 unspecified atom stereocenters. The molecule has 1 heterocycles. The van der Waals surface area contributed by atoms with Gasteiger partial charge in [-0.15, -0.1) is 0 Å². The van der Waals surface area contributed by atoms with Crippen LogP contribution in [-0.2, 0) is 4.79 Å². The molecule has 1 aliphatic heterocycles. The first kappa shape index (κ1) is 12.0. The summed E-state index contributed by atoms with van der Waals surface area (Å²) < 4.78 is 0. The van der Waals surface area contributed by atoms with Gasteiger partial charge in [-0.05, 0) is 38.3 Å². The fourth-order valence-electron chi connectivity index (χ4n) is 2.54. The maximum Gasteiger partial charge on any atom is 0.311 e. The van der Waals surface area contributed by atoms with Gasteiger partial charge < -0.3 is 10.0 Å². The lowest BCUT2D eigenvalue weighted by Gasteiger charge is -2.39. The van der Waals surface area contributed by atoms with Crippen LogP contribution in [0.25, 0.3) is 0 Å². The summed E-state index contributed by atoms with van der Waals surface area (Å²) in [7, 11) is 0. The molecule has 1 saturated heterocycles. The van der Waals surface area contributed by atoms with E-state index >= 15 is 0 Å². The summed E-state index contributed by atoms with van der Waals surface area (Å²) in [6.45, 7) is 5.47. The van der Waals surface area contributed by atoms with Crippen molar-refractivity contribution in [3.63, 3.8) is 0 Å². The van der Waals surface area contributed by atoms with Crippen molar-refractivity contribution in [2.75, 3.05) is 18.0 Å². The molecule has 3 nitrogen and oxygen atoms in total. The molecular formula is C14H19NO2. The number of piperidine rings is 1. The number of hydrogen-bond donors (Lipinski definition) is 1. The van der Waals surface area contributed by atoms with E-state index in [9.17, 15) is 9.90 Å². The van der Waals surface area contributed by atoms with Crippen LogP contribution in [-0.4, -0.2) is 24.2 Å². The predicted molar refractivity (Wildman–Crippen MR) is 68.4 cm³/mol. The van der Waals surface area contributed by atoms with Gasteiger partial charge in [0.1, 0.15) is 0 Å². The minimum absolute atomic E-state index is 0.604. The lowest BCUT2D eigenvalue weighted by atomic mass is 9.81. The van der Waals surface area contributed by atoms with Gasteiger partial charge in [0.2, 0.25) is 0 Å². The molecule has 0 aliphatic carbocycles. The number of carboxylic acid groups (broad SMARTS) is 1. The van der Waals surface area contributed by atoms with Crippen molar-refractivity contribution in [1.82, 2.24) is 0 Å². The molecule has 1 N–H and O–H groups in total. The summed E-state index contributed by atoms with van der Waals surface area (Å²) in [5, 5.41) is 9.30. The van der Waals surface area contributed by atoms with Gasteiger partial charge >= 0.3 is 5.97 Å². The lowest BCUT2D eigenvalue weighted by molar-refractivity contribution is -0.148. The Balaban J connectivity index is 2.24. The van der Waals surface area contributed by atoms with Crippen LogP contribution in [0.3, 0.4) is 0 Å². The van der Waals surface area contributed by atoms with Crippen molar-refractivity contribution >= 4 is 11.7 Å². The summed E-state index contributed by atoms with van der Waals surface area (Å²) in [4.78, 5) is 13.5. The molecule has 0 spiro atoms. The third-order valence-electron chi connectivity index (χ3n) is 3.67. The van der Waals surface area contributed by atoms with Gasteiger partial charge in [0, 0.05) is 18.8 Å². The number of rotatable bonds is 2. The van der Waals surface area contributed by atoms with Crippen LogP contribution in [0.5, 0.6) is 0 Å². The molecule has 0 radical (unpaired) electrons. The zero-order valence-corrected chi connectivity index (χ0v) is 10.4. The highest BCUT2D eigenvalue weighted by atomic mass is 16.4. The second kappa shape index (κ2) is 4.40. The van der Waals surface area contributed by atoms with Gasteiger partial charge in [0.05, 0.1) is 5.41 Å². The van der Waals surface area contributed by atoms with Crippen LogP contribution in [0, 0.1) is 12.3 Å². The summed E-state index contributed by atoms with van der Waals surface area (Å²) in [5.74, 6) is -0.684. The van der Waals surface area contributed by atoms with Crippen LogP contribution < -0.4 is 4.90 Å². The highest BCUT2D eigenvalue weighted by Gasteiger charge is 2.38. The first-order valence-corrected chi connectivity index (χ1v) is 6.07. The number of benzene rings is 1. The van der Waals surface area contributed by atoms with Crippen molar-refractivity contribution in [2.45, 2.75) is 26.7 Å². The van der Waals surface area contributed by atoms with Crippen molar-refractivity contribution in [3.8, 4) is 0 Å². The molecule has 1 atom stereocenters. The van der Waals surface area contributed by atoms with E-state index in [0.717, 1.165) is 19.4 Å². The van der Waals surface area contributed by atoms with Crippen molar-refractivity contribution < 1.29 is 9.90 Å². The third kappa shape index (κ3) is 2.28. The molecule has 0 bridgehead atoms. The SMILES string of the molecule is Cc1ccccc1N1CCCC(C)(C(=O)O)C1. The number of aryl methyl sites for hydroxylation is 1. The number of carbonyl (C=O) groups is 1. The largest absolute Gasteiger partial charge is 0.481 e. The molecule has 0 aromatic heterocycles. The van der Waals surface area contributed by atoms with Gasteiger partial charge in [-0.1, -0.05) is 18.2 Å². The molecule has 0 saturated carbocycles. The smallest absolute Gasteiger partial charge is 0.311 e. The molecule has 17 heavy (non-hydrogen) atoms. The maximum absolute atomic E-state index is 11.3. The maximum atomic E-state index is 11.3. The molecule has 1 aliphatic rings. The summed E-state index contributed by atoms with van der Waals surface area (Å²) in [6, 6.07) is 8.17. The second-order valence-corrected chi connectivity index (χ2v) is 5.18. The zero-order chi connectivity index (χ0) is 12.5. The fourth-order valence-corrected chi connectivity index (χ4v) is 2.54. The Morgan fingerprint density at radius 1 is 1.41 bits per heavy atom. The normalized spacial score (nSPS) is 24.7. The van der Waals surface area contributed by atoms with E-state index in [2.05, 4.69) is 24.0 Å². The molecule has 2 rings (SSSR count). The number of aliphatic carboxylic acids is 1. The number of anilines is 1. The van der Waals surface area contributed by atoms with Crippen molar-refractivity contribution in [1.29, 1.82) is 0 Å². The Labute approximate surface area is 102 Å². The van der Waals surface area contributed by atoms with Gasteiger partial charge in [-0.3, -0.25) is 4.79 Å². The average molecular weight is 233 g/mol. The predicted octanol–water partition coefficient (Wildman–Crippen LogP) is 2.69. The first-order chi connectivity index (χ1) is 8.03. The minimum Gasteiger partial charge on any atom is -0.481 e. The standard InChI is InChI=1S/C14H19NO2/c1-11-6-3-4-7-12(11)15-9-5-8-14(2,10-15)13(16)17/h3-4,6-7H,5,8-10H2,1-2H3,(H,16,17). The van der Waals surface area contributed by atoms with Crippen LogP contribution in [0.4, 0.5) is 5.69 Å². The van der Waals surface area contributed by atoms with Crippen molar-refractivity contribution in [3.05, 3.63) is 29.8 Å². The molecule has 1 aromatic carbocycles. The molecule has 1 aromatic rings. The molecule has 1 fully saturated rings. The lowest BCUT2D eigenvalue weighted by Crippen LogP contribution is -2.46. The first-order valence-electron chi connectivity index (χ1n) is 6.07. The highest BCUT2D eigenvalue weighted by Crippen LogP contribution is 2.33. The van der Waals surface area contributed by atoms with Gasteiger partial charge in [-0.25, -0.2) is 0 Å². The van der Waals surface area contributed by atoms with Crippen molar-refractivity contribution in [2.24, 2.45) is 5.41 Å². The Hall–Kier alpha value is -1.51. The Morgan fingerprint density at radius 3 is 2.76 bits per heavy atom. The number of carboxylic acids is 1. The van der Waals surface area contributed by atoms with E-state index in [1.165, 1.54) is 11.3 Å². The van der Waals surface area contributed by atoms with E-state index in [1.54, 1.807) is 0 Å². The molecular weight excluding hydrogens is 214 g/mol. The Morgan fingerprint density at radius 2 is 2.12 bits per heavy atom. The monoisotopic (exact) mass is 233 g/mol. The average Bonchev–Trinajstić information content (AvgIpc) is 2.29. The highest BCUT2D eigenvalue weighted by molar-refractivity contribution is 5.75. The second-order valence-electron chi connectivity index (χ2n) is 5.18. The van der Waals surface area contributed by atoms with Gasteiger partial charge in [-0.2, -0.15) is 0 Å². The van der Waals surface area contributed by atoms with Gasteiger partial charge in [0.25, 0.3) is 0 Å².